The number of hydrazone groups is 1. The summed E-state index contributed by atoms with van der Waals surface area (Å²) < 4.78 is 29.4. The molecule has 1 amide bonds. The molecule has 154 valence electrons. The number of nitrogens with zero attached hydrogens (tertiary/aromatic N) is 2. The molecule has 7 nitrogen and oxygen atoms in total. The Balaban J connectivity index is 1.52. The third-order valence-electron chi connectivity index (χ3n) is 4.37. The third kappa shape index (κ3) is 6.55. The van der Waals surface area contributed by atoms with Gasteiger partial charge in [0.25, 0.3) is 5.91 Å². The summed E-state index contributed by atoms with van der Waals surface area (Å²) in [7, 11) is 1.55. The molecule has 0 spiro atoms. The molecule has 1 N–H and O–H groups in total. The van der Waals surface area contributed by atoms with Crippen LogP contribution in [-0.2, 0) is 16.1 Å². The van der Waals surface area contributed by atoms with Gasteiger partial charge in [-0.2, -0.15) is 5.10 Å². The van der Waals surface area contributed by atoms with E-state index < -0.39 is 0 Å². The molecule has 8 heteroatoms. The number of rotatable bonds is 8. The molecule has 0 aliphatic carbocycles. The SMILES string of the molecule is COc1cc(/C=N/NC(=O)CN2CCOCC2)ccc1OCc1ccc(F)cc1. The average molecular weight is 401 g/mol. The number of hydrogen-bond donors (Lipinski definition) is 1. The first-order valence-corrected chi connectivity index (χ1v) is 9.31. The van der Waals surface area contributed by atoms with E-state index in [9.17, 15) is 9.18 Å². The Labute approximate surface area is 169 Å². The highest BCUT2D eigenvalue weighted by Crippen LogP contribution is 2.28. The van der Waals surface area contributed by atoms with E-state index in [-0.39, 0.29) is 11.7 Å². The quantitative estimate of drug-likeness (QED) is 0.542. The maximum atomic E-state index is 13.0. The Bertz CT molecular complexity index is 836. The molecule has 0 saturated carbocycles. The van der Waals surface area contributed by atoms with Crippen LogP contribution in [0.3, 0.4) is 0 Å². The Kier molecular flexibility index (Phi) is 7.54. The predicted octanol–water partition coefficient (Wildman–Crippen LogP) is 2.20. The van der Waals surface area contributed by atoms with Crippen molar-refractivity contribution < 1.29 is 23.4 Å². The summed E-state index contributed by atoms with van der Waals surface area (Å²) in [4.78, 5) is 14.0. The molecular weight excluding hydrogens is 377 g/mol. The number of nitrogens with one attached hydrogen (secondary N) is 1. The van der Waals surface area contributed by atoms with Gasteiger partial charge < -0.3 is 14.2 Å². The van der Waals surface area contributed by atoms with Gasteiger partial charge >= 0.3 is 0 Å². The maximum Gasteiger partial charge on any atom is 0.254 e. The summed E-state index contributed by atoms with van der Waals surface area (Å²) in [5.74, 6) is 0.641. The first-order chi connectivity index (χ1) is 14.1. The van der Waals surface area contributed by atoms with Crippen molar-refractivity contribution in [3.05, 3.63) is 59.4 Å². The molecule has 0 bridgehead atoms. The number of ether oxygens (including phenoxy) is 3. The second kappa shape index (κ2) is 10.5. The standard InChI is InChI=1S/C21H24FN3O4/c1-27-20-12-17(13-23-24-21(26)14-25-8-10-28-11-9-25)4-7-19(20)29-15-16-2-5-18(22)6-3-16/h2-7,12-13H,8-11,14-15H2,1H3,(H,24,26)/b23-13+. The summed E-state index contributed by atoms with van der Waals surface area (Å²) in [5, 5.41) is 4.00. The van der Waals surface area contributed by atoms with Crippen LogP contribution in [0, 0.1) is 5.82 Å². The lowest BCUT2D eigenvalue weighted by Crippen LogP contribution is -2.42. The molecule has 1 saturated heterocycles. The molecule has 0 aromatic heterocycles. The highest BCUT2D eigenvalue weighted by Gasteiger charge is 2.13. The fourth-order valence-corrected chi connectivity index (χ4v) is 2.80. The second-order valence-electron chi connectivity index (χ2n) is 6.51. The van der Waals surface area contributed by atoms with Crippen molar-refractivity contribution in [3.63, 3.8) is 0 Å². The molecule has 0 atom stereocenters. The van der Waals surface area contributed by atoms with Crippen molar-refractivity contribution >= 4 is 12.1 Å². The lowest BCUT2D eigenvalue weighted by molar-refractivity contribution is -0.123. The van der Waals surface area contributed by atoms with Gasteiger partial charge in [0.1, 0.15) is 12.4 Å². The van der Waals surface area contributed by atoms with Crippen LogP contribution in [0.15, 0.2) is 47.6 Å². The molecule has 0 unspecified atom stereocenters. The molecule has 0 radical (unpaired) electrons. The van der Waals surface area contributed by atoms with Crippen molar-refractivity contribution in [2.45, 2.75) is 6.61 Å². The van der Waals surface area contributed by atoms with Gasteiger partial charge in [0.05, 0.1) is 33.1 Å². The zero-order chi connectivity index (χ0) is 20.5. The summed E-state index contributed by atoms with van der Waals surface area (Å²) in [6.07, 6.45) is 1.55. The zero-order valence-corrected chi connectivity index (χ0v) is 16.3. The summed E-state index contributed by atoms with van der Waals surface area (Å²) in [6.45, 7) is 3.36. The van der Waals surface area contributed by atoms with E-state index in [4.69, 9.17) is 14.2 Å². The fraction of sp³-hybridized carbons (Fsp3) is 0.333. The topological polar surface area (TPSA) is 72.4 Å². The number of benzene rings is 2. The summed E-state index contributed by atoms with van der Waals surface area (Å²) >= 11 is 0. The number of carbonyl (C=O) groups excluding carboxylic acids is 1. The van der Waals surface area contributed by atoms with Crippen LogP contribution >= 0.6 is 0 Å². The Hall–Kier alpha value is -2.97. The fourth-order valence-electron chi connectivity index (χ4n) is 2.80. The number of morpholine rings is 1. The Morgan fingerprint density at radius 2 is 1.97 bits per heavy atom. The first kappa shape index (κ1) is 20.8. The number of halogens is 1. The molecule has 3 rings (SSSR count). The normalized spacial score (nSPS) is 14.7. The van der Waals surface area contributed by atoms with E-state index in [0.29, 0.717) is 37.9 Å². The van der Waals surface area contributed by atoms with Crippen molar-refractivity contribution in [1.29, 1.82) is 0 Å². The van der Waals surface area contributed by atoms with Gasteiger partial charge in [-0.3, -0.25) is 9.69 Å². The highest BCUT2D eigenvalue weighted by molar-refractivity contribution is 5.83. The molecule has 1 aliphatic rings. The van der Waals surface area contributed by atoms with E-state index in [2.05, 4.69) is 10.5 Å². The first-order valence-electron chi connectivity index (χ1n) is 9.31. The van der Waals surface area contributed by atoms with Crippen molar-refractivity contribution in [2.75, 3.05) is 40.0 Å². The van der Waals surface area contributed by atoms with Crippen LogP contribution in [0.2, 0.25) is 0 Å². The van der Waals surface area contributed by atoms with Crippen LogP contribution in [-0.4, -0.2) is 57.0 Å². The van der Waals surface area contributed by atoms with Crippen molar-refractivity contribution in [1.82, 2.24) is 10.3 Å². The molecule has 1 heterocycles. The van der Waals surface area contributed by atoms with E-state index in [0.717, 1.165) is 24.2 Å². The van der Waals surface area contributed by atoms with E-state index in [1.54, 1.807) is 43.7 Å². The van der Waals surface area contributed by atoms with Gasteiger partial charge in [-0.1, -0.05) is 12.1 Å². The van der Waals surface area contributed by atoms with Crippen LogP contribution in [0.1, 0.15) is 11.1 Å². The van der Waals surface area contributed by atoms with Crippen LogP contribution < -0.4 is 14.9 Å². The van der Waals surface area contributed by atoms with Crippen LogP contribution in [0.25, 0.3) is 0 Å². The lowest BCUT2D eigenvalue weighted by Gasteiger charge is -2.25. The number of amides is 1. The second-order valence-corrected chi connectivity index (χ2v) is 6.51. The predicted molar refractivity (Wildman–Crippen MR) is 107 cm³/mol. The Morgan fingerprint density at radius 3 is 2.69 bits per heavy atom. The minimum atomic E-state index is -0.285. The van der Waals surface area contributed by atoms with Crippen LogP contribution in [0.5, 0.6) is 11.5 Å². The Morgan fingerprint density at radius 1 is 1.21 bits per heavy atom. The summed E-state index contributed by atoms with van der Waals surface area (Å²) in [5.41, 5.74) is 4.13. The molecule has 2 aromatic carbocycles. The number of carbonyl (C=O) groups is 1. The minimum Gasteiger partial charge on any atom is -0.493 e. The van der Waals surface area contributed by atoms with Crippen molar-refractivity contribution in [3.8, 4) is 11.5 Å². The van der Waals surface area contributed by atoms with Gasteiger partial charge in [-0.25, -0.2) is 9.82 Å². The average Bonchev–Trinajstić information content (AvgIpc) is 2.74. The van der Waals surface area contributed by atoms with Crippen molar-refractivity contribution in [2.24, 2.45) is 5.10 Å². The van der Waals surface area contributed by atoms with Gasteiger partial charge in [0.15, 0.2) is 11.5 Å². The third-order valence-corrected chi connectivity index (χ3v) is 4.37. The van der Waals surface area contributed by atoms with Gasteiger partial charge in [-0.05, 0) is 41.5 Å². The summed E-state index contributed by atoms with van der Waals surface area (Å²) in [6, 6.07) is 11.5. The maximum absolute atomic E-state index is 13.0. The molecular formula is C21H24FN3O4. The van der Waals surface area contributed by atoms with E-state index >= 15 is 0 Å². The monoisotopic (exact) mass is 401 g/mol. The number of hydrogen-bond acceptors (Lipinski definition) is 6. The van der Waals surface area contributed by atoms with Gasteiger partial charge in [-0.15, -0.1) is 0 Å². The largest absolute Gasteiger partial charge is 0.493 e. The van der Waals surface area contributed by atoms with E-state index in [1.807, 2.05) is 4.90 Å². The zero-order valence-electron chi connectivity index (χ0n) is 16.3. The minimum absolute atomic E-state index is 0.172. The molecule has 29 heavy (non-hydrogen) atoms. The molecule has 2 aromatic rings. The lowest BCUT2D eigenvalue weighted by atomic mass is 10.2. The van der Waals surface area contributed by atoms with Crippen LogP contribution in [0.4, 0.5) is 4.39 Å². The van der Waals surface area contributed by atoms with Gasteiger partial charge in [0, 0.05) is 13.1 Å². The molecule has 1 aliphatic heterocycles. The molecule has 1 fully saturated rings. The highest BCUT2D eigenvalue weighted by atomic mass is 19.1. The van der Waals surface area contributed by atoms with E-state index in [1.165, 1.54) is 12.1 Å². The number of methoxy groups -OCH3 is 1. The van der Waals surface area contributed by atoms with Gasteiger partial charge in [0.2, 0.25) is 0 Å². The smallest absolute Gasteiger partial charge is 0.254 e.